The highest BCUT2D eigenvalue weighted by Crippen LogP contribution is 2.30. The average molecular weight is 455 g/mol. The van der Waals surface area contributed by atoms with E-state index in [0.717, 1.165) is 5.56 Å². The highest BCUT2D eigenvalue weighted by atomic mass is 19.1. The largest absolute Gasteiger partial charge is 0.487 e. The van der Waals surface area contributed by atoms with E-state index in [-0.39, 0.29) is 17.0 Å². The molecule has 0 atom stereocenters. The van der Waals surface area contributed by atoms with Crippen LogP contribution in [-0.4, -0.2) is 60.6 Å². The maximum atomic E-state index is 15.3. The molecule has 1 saturated heterocycles. The molecule has 5 rings (SSSR count). The molecule has 0 bridgehead atoms. The van der Waals surface area contributed by atoms with Gasteiger partial charge in [0.1, 0.15) is 5.69 Å². The van der Waals surface area contributed by atoms with Crippen molar-refractivity contribution in [3.8, 4) is 5.75 Å². The number of pyridine rings is 2. The summed E-state index contributed by atoms with van der Waals surface area (Å²) in [7, 11) is 1.46. The van der Waals surface area contributed by atoms with E-state index in [1.54, 1.807) is 12.1 Å². The second-order valence-corrected chi connectivity index (χ2v) is 8.17. The average Bonchev–Trinajstić information content (AvgIpc) is 3.32. The number of hydrogen-bond donors (Lipinski definition) is 2. The molecular weight excluding hydrogens is 432 g/mol. The van der Waals surface area contributed by atoms with Crippen LogP contribution in [0.4, 0.5) is 14.5 Å². The number of aromatic amines is 1. The van der Waals surface area contributed by atoms with E-state index in [4.69, 9.17) is 4.74 Å². The summed E-state index contributed by atoms with van der Waals surface area (Å²) in [6, 6.07) is 6.64. The van der Waals surface area contributed by atoms with Crippen LogP contribution in [0.2, 0.25) is 0 Å². The van der Waals surface area contributed by atoms with Crippen molar-refractivity contribution in [2.45, 2.75) is 13.0 Å². The minimum atomic E-state index is -0.689. The summed E-state index contributed by atoms with van der Waals surface area (Å²) in [5, 5.41) is 3.10. The number of anilines is 1. The number of halogens is 2. The molecule has 0 saturated carbocycles. The lowest BCUT2D eigenvalue weighted by atomic mass is 10.0. The Kier molecular flexibility index (Phi) is 5.45. The minimum Gasteiger partial charge on any atom is -0.487 e. The summed E-state index contributed by atoms with van der Waals surface area (Å²) in [6.07, 6.45) is 0.589. The number of rotatable bonds is 4. The lowest BCUT2D eigenvalue weighted by Crippen LogP contribution is -2.46. The first-order chi connectivity index (χ1) is 16.0. The zero-order chi connectivity index (χ0) is 23.1. The second-order valence-electron chi connectivity index (χ2n) is 8.17. The van der Waals surface area contributed by atoms with E-state index in [1.165, 1.54) is 13.1 Å². The second kappa shape index (κ2) is 8.43. The minimum absolute atomic E-state index is 0.0272. The van der Waals surface area contributed by atoms with E-state index >= 15 is 4.39 Å². The van der Waals surface area contributed by atoms with Crippen molar-refractivity contribution in [3.05, 3.63) is 63.2 Å². The van der Waals surface area contributed by atoms with Crippen LogP contribution in [0, 0.1) is 11.8 Å². The predicted octanol–water partition coefficient (Wildman–Crippen LogP) is 1.82. The van der Waals surface area contributed by atoms with Gasteiger partial charge in [0.15, 0.2) is 11.6 Å². The van der Waals surface area contributed by atoms with Crippen molar-refractivity contribution >= 4 is 22.5 Å². The van der Waals surface area contributed by atoms with Crippen molar-refractivity contribution in [2.24, 2.45) is 0 Å². The van der Waals surface area contributed by atoms with Crippen LogP contribution in [-0.2, 0) is 13.0 Å². The van der Waals surface area contributed by atoms with Gasteiger partial charge in [0.2, 0.25) is 5.95 Å². The van der Waals surface area contributed by atoms with E-state index < -0.39 is 23.2 Å². The number of aromatic nitrogens is 2. The maximum absolute atomic E-state index is 15.3. The van der Waals surface area contributed by atoms with E-state index in [9.17, 15) is 14.0 Å². The first-order valence-corrected chi connectivity index (χ1v) is 10.8. The molecule has 0 spiro atoms. The number of H-pyrrole nitrogens is 1. The molecule has 0 radical (unpaired) electrons. The molecule has 1 aromatic carbocycles. The molecule has 10 heteroatoms. The van der Waals surface area contributed by atoms with Crippen molar-refractivity contribution < 1.29 is 18.3 Å². The fraction of sp³-hybridized carbons (Fsp3) is 0.348. The lowest BCUT2D eigenvalue weighted by molar-refractivity contribution is 0.0957. The third kappa shape index (κ3) is 3.80. The molecule has 8 nitrogen and oxygen atoms in total. The highest BCUT2D eigenvalue weighted by molar-refractivity contribution is 5.92. The van der Waals surface area contributed by atoms with Crippen molar-refractivity contribution in [3.63, 3.8) is 0 Å². The predicted molar refractivity (Wildman–Crippen MR) is 119 cm³/mol. The summed E-state index contributed by atoms with van der Waals surface area (Å²) in [6.45, 7) is 3.08. The topological polar surface area (TPSA) is 90.6 Å². The van der Waals surface area contributed by atoms with Crippen LogP contribution in [0.5, 0.6) is 5.75 Å². The molecule has 2 aromatic heterocycles. The van der Waals surface area contributed by atoms with E-state index in [0.29, 0.717) is 62.4 Å². The van der Waals surface area contributed by atoms with Crippen molar-refractivity contribution in [1.29, 1.82) is 0 Å². The van der Waals surface area contributed by atoms with Crippen molar-refractivity contribution in [2.75, 3.05) is 44.7 Å². The van der Waals surface area contributed by atoms with Gasteiger partial charge in [-0.15, -0.1) is 0 Å². The lowest BCUT2D eigenvalue weighted by Gasteiger charge is -2.36. The number of piperazine rings is 1. The quantitative estimate of drug-likeness (QED) is 0.584. The summed E-state index contributed by atoms with van der Waals surface area (Å²) in [4.78, 5) is 34.2. The van der Waals surface area contributed by atoms with Gasteiger partial charge in [-0.1, -0.05) is 12.1 Å². The number of fused-ring (bicyclic) bond motifs is 3. The molecule has 2 N–H and O–H groups in total. The molecule has 0 aliphatic carbocycles. The monoisotopic (exact) mass is 455 g/mol. The van der Waals surface area contributed by atoms with E-state index in [2.05, 4.69) is 20.2 Å². The standard InChI is InChI=1S/C23H23F2N5O3/c1-26-22(31)16-4-5-17(21(25)27-16)30-9-7-29(8-10-30)12-13-2-3-14-15-6-11-33-20(15)23(32)28-19(14)18(13)24/h2-5H,6-12H2,1H3,(H,26,31)(H,28,32). The molecule has 33 heavy (non-hydrogen) atoms. The first-order valence-electron chi connectivity index (χ1n) is 10.8. The molecule has 2 aliphatic rings. The Morgan fingerprint density at radius 3 is 2.70 bits per heavy atom. The fourth-order valence-electron chi connectivity index (χ4n) is 4.51. The van der Waals surface area contributed by atoms with E-state index in [1.807, 2.05) is 11.0 Å². The van der Waals surface area contributed by atoms with Gasteiger partial charge in [-0.25, -0.2) is 9.37 Å². The molecule has 3 aromatic rings. The third-order valence-electron chi connectivity index (χ3n) is 6.26. The zero-order valence-corrected chi connectivity index (χ0v) is 18.1. The molecular formula is C23H23F2N5O3. The van der Waals surface area contributed by atoms with Crippen LogP contribution in [0.1, 0.15) is 21.6 Å². The number of carbonyl (C=O) groups is 1. The van der Waals surface area contributed by atoms with Crippen LogP contribution in [0.3, 0.4) is 0 Å². The molecule has 1 fully saturated rings. The van der Waals surface area contributed by atoms with Gasteiger partial charge in [0.05, 0.1) is 17.8 Å². The van der Waals surface area contributed by atoms with Gasteiger partial charge >= 0.3 is 0 Å². The SMILES string of the molecule is CNC(=O)c1ccc(N2CCN(Cc3ccc4c5c(c(=O)[nH]c4c3F)OCC5)CC2)c(F)n1. The Hall–Kier alpha value is -3.53. The zero-order valence-electron chi connectivity index (χ0n) is 18.1. The molecule has 0 unspecified atom stereocenters. The number of ether oxygens (including phenoxy) is 1. The number of hydrogen-bond acceptors (Lipinski definition) is 6. The normalized spacial score (nSPS) is 16.0. The number of carbonyl (C=O) groups excluding carboxylic acids is 1. The van der Waals surface area contributed by atoms with Crippen LogP contribution < -0.4 is 20.5 Å². The maximum Gasteiger partial charge on any atom is 0.291 e. The number of amides is 1. The van der Waals surface area contributed by atoms with Gasteiger partial charge in [-0.05, 0) is 12.1 Å². The molecule has 172 valence electrons. The summed E-state index contributed by atoms with van der Waals surface area (Å²) >= 11 is 0. The smallest absolute Gasteiger partial charge is 0.291 e. The highest BCUT2D eigenvalue weighted by Gasteiger charge is 2.24. The number of nitrogens with one attached hydrogen (secondary N) is 2. The summed E-state index contributed by atoms with van der Waals surface area (Å²) in [5.74, 6) is -1.27. The number of nitrogens with zero attached hydrogens (tertiary/aromatic N) is 3. The molecule has 1 amide bonds. The Bertz CT molecular complexity index is 1300. The Labute approximate surface area is 188 Å². The first kappa shape index (κ1) is 21.3. The van der Waals surface area contributed by atoms with Crippen LogP contribution in [0.25, 0.3) is 10.9 Å². The third-order valence-corrected chi connectivity index (χ3v) is 6.26. The summed E-state index contributed by atoms with van der Waals surface area (Å²) < 4.78 is 35.1. The molecule has 4 heterocycles. The number of benzene rings is 1. The van der Waals surface area contributed by atoms with Gasteiger partial charge in [0.25, 0.3) is 11.5 Å². The van der Waals surface area contributed by atoms with Gasteiger partial charge in [-0.3, -0.25) is 14.5 Å². The fourth-order valence-corrected chi connectivity index (χ4v) is 4.51. The Balaban J connectivity index is 1.30. The van der Waals surface area contributed by atoms with Gasteiger partial charge in [0, 0.05) is 62.7 Å². The van der Waals surface area contributed by atoms with Crippen molar-refractivity contribution in [1.82, 2.24) is 20.2 Å². The van der Waals surface area contributed by atoms with Gasteiger partial charge < -0.3 is 19.9 Å². The Morgan fingerprint density at radius 1 is 1.18 bits per heavy atom. The summed E-state index contributed by atoms with van der Waals surface area (Å²) in [5.41, 5.74) is 1.42. The van der Waals surface area contributed by atoms with Crippen LogP contribution in [0.15, 0.2) is 29.1 Å². The van der Waals surface area contributed by atoms with Gasteiger partial charge in [-0.2, -0.15) is 4.39 Å². The molecule has 2 aliphatic heterocycles. The van der Waals surface area contributed by atoms with Crippen LogP contribution >= 0.6 is 0 Å². The Morgan fingerprint density at radius 2 is 1.97 bits per heavy atom.